The average molecular weight is 338 g/mol. The second-order valence-corrected chi connectivity index (χ2v) is 6.77. The smallest absolute Gasteiger partial charge is 0.264 e. The van der Waals surface area contributed by atoms with Crippen LogP contribution in [0.4, 0.5) is 0 Å². The van der Waals surface area contributed by atoms with Gasteiger partial charge in [-0.3, -0.25) is 4.79 Å². The Morgan fingerprint density at radius 2 is 1.86 bits per heavy atom. The molecule has 6 heteroatoms. The zero-order chi connectivity index (χ0) is 15.7. The summed E-state index contributed by atoms with van der Waals surface area (Å²) in [5.41, 5.74) is 2.30. The molecule has 0 N–H and O–H groups in total. The van der Waals surface area contributed by atoms with Crippen LogP contribution in [-0.4, -0.2) is 31.6 Å². The van der Waals surface area contributed by atoms with Crippen LogP contribution in [0.2, 0.25) is 4.34 Å². The van der Waals surface area contributed by atoms with E-state index in [1.807, 2.05) is 17.0 Å². The number of carbonyl (C=O) groups excluding carboxylic acids is 1. The van der Waals surface area contributed by atoms with Crippen LogP contribution in [0.5, 0.6) is 11.5 Å². The van der Waals surface area contributed by atoms with E-state index < -0.39 is 0 Å². The van der Waals surface area contributed by atoms with Gasteiger partial charge in [-0.05, 0) is 41.8 Å². The Bertz CT molecular complexity index is 713. The van der Waals surface area contributed by atoms with Crippen LogP contribution >= 0.6 is 22.9 Å². The first-order valence-corrected chi connectivity index (χ1v) is 8.10. The first-order valence-electron chi connectivity index (χ1n) is 6.90. The molecule has 1 amide bonds. The monoisotopic (exact) mass is 337 g/mol. The summed E-state index contributed by atoms with van der Waals surface area (Å²) in [5, 5.41) is 0. The van der Waals surface area contributed by atoms with E-state index in [-0.39, 0.29) is 5.91 Å². The molecule has 0 saturated heterocycles. The lowest BCUT2D eigenvalue weighted by Crippen LogP contribution is -2.35. The lowest BCUT2D eigenvalue weighted by molar-refractivity contribution is 0.0739. The number of methoxy groups -OCH3 is 2. The number of hydrogen-bond donors (Lipinski definition) is 0. The summed E-state index contributed by atoms with van der Waals surface area (Å²) < 4.78 is 11.3. The third kappa shape index (κ3) is 2.78. The van der Waals surface area contributed by atoms with Gasteiger partial charge in [-0.1, -0.05) is 11.6 Å². The number of carbonyl (C=O) groups is 1. The number of benzene rings is 1. The Morgan fingerprint density at radius 1 is 1.18 bits per heavy atom. The molecule has 116 valence electrons. The molecule has 0 bridgehead atoms. The van der Waals surface area contributed by atoms with Crippen molar-refractivity contribution in [2.45, 2.75) is 13.0 Å². The highest BCUT2D eigenvalue weighted by Crippen LogP contribution is 2.34. The van der Waals surface area contributed by atoms with Crippen molar-refractivity contribution in [2.24, 2.45) is 0 Å². The minimum atomic E-state index is 0.0253. The maximum absolute atomic E-state index is 12.5. The van der Waals surface area contributed by atoms with Crippen LogP contribution in [0.15, 0.2) is 24.3 Å². The van der Waals surface area contributed by atoms with Crippen LogP contribution in [0.1, 0.15) is 20.8 Å². The third-order valence-electron chi connectivity index (χ3n) is 3.79. The molecule has 0 aliphatic carbocycles. The minimum absolute atomic E-state index is 0.0253. The first-order chi connectivity index (χ1) is 10.6. The molecule has 0 fully saturated rings. The van der Waals surface area contributed by atoms with Crippen molar-refractivity contribution in [3.05, 3.63) is 44.6 Å². The molecule has 0 radical (unpaired) electrons. The molecule has 4 nitrogen and oxygen atoms in total. The van der Waals surface area contributed by atoms with E-state index >= 15 is 0 Å². The van der Waals surface area contributed by atoms with Crippen molar-refractivity contribution in [3.63, 3.8) is 0 Å². The Hall–Kier alpha value is -1.72. The summed E-state index contributed by atoms with van der Waals surface area (Å²) >= 11 is 7.23. The lowest BCUT2D eigenvalue weighted by atomic mass is 9.98. The summed E-state index contributed by atoms with van der Waals surface area (Å²) in [6.45, 7) is 1.26. The Morgan fingerprint density at radius 3 is 2.45 bits per heavy atom. The van der Waals surface area contributed by atoms with E-state index in [2.05, 4.69) is 0 Å². The molecule has 3 rings (SSSR count). The molecular formula is C16H16ClNO3S. The van der Waals surface area contributed by atoms with Gasteiger partial charge in [0.25, 0.3) is 5.91 Å². The van der Waals surface area contributed by atoms with Gasteiger partial charge in [0.15, 0.2) is 11.5 Å². The van der Waals surface area contributed by atoms with Crippen LogP contribution in [0.25, 0.3) is 0 Å². The van der Waals surface area contributed by atoms with Gasteiger partial charge in [-0.2, -0.15) is 0 Å². The van der Waals surface area contributed by atoms with Gasteiger partial charge in [0.05, 0.1) is 23.4 Å². The second-order valence-electron chi connectivity index (χ2n) is 5.06. The maximum Gasteiger partial charge on any atom is 0.264 e. The second kappa shape index (κ2) is 6.18. The third-order valence-corrected chi connectivity index (χ3v) is 5.01. The van der Waals surface area contributed by atoms with Crippen molar-refractivity contribution in [1.82, 2.24) is 4.90 Å². The van der Waals surface area contributed by atoms with E-state index in [1.54, 1.807) is 26.4 Å². The van der Waals surface area contributed by atoms with Gasteiger partial charge in [0.1, 0.15) is 0 Å². The zero-order valence-corrected chi connectivity index (χ0v) is 14.0. The number of hydrogen-bond acceptors (Lipinski definition) is 4. The number of fused-ring (bicyclic) bond motifs is 1. The van der Waals surface area contributed by atoms with Crippen molar-refractivity contribution in [3.8, 4) is 11.5 Å². The van der Waals surface area contributed by atoms with Gasteiger partial charge in [-0.25, -0.2) is 0 Å². The summed E-state index contributed by atoms with van der Waals surface area (Å²) in [6.07, 6.45) is 0.806. The van der Waals surface area contributed by atoms with Crippen molar-refractivity contribution in [2.75, 3.05) is 20.8 Å². The molecule has 2 aromatic rings. The number of ether oxygens (including phenoxy) is 2. The highest BCUT2D eigenvalue weighted by Gasteiger charge is 2.24. The molecule has 1 aliphatic heterocycles. The van der Waals surface area contributed by atoms with Crippen LogP contribution in [0, 0.1) is 0 Å². The van der Waals surface area contributed by atoms with Gasteiger partial charge in [0.2, 0.25) is 0 Å². The van der Waals surface area contributed by atoms with E-state index in [4.69, 9.17) is 21.1 Å². The predicted octanol–water partition coefficient (Wildman–Crippen LogP) is 3.62. The van der Waals surface area contributed by atoms with Crippen molar-refractivity contribution >= 4 is 28.8 Å². The average Bonchev–Trinajstić information content (AvgIpc) is 2.98. The van der Waals surface area contributed by atoms with E-state index in [9.17, 15) is 4.79 Å². The van der Waals surface area contributed by atoms with Gasteiger partial charge in [0, 0.05) is 13.1 Å². The van der Waals surface area contributed by atoms with E-state index in [0.717, 1.165) is 17.7 Å². The highest BCUT2D eigenvalue weighted by molar-refractivity contribution is 7.17. The molecule has 22 heavy (non-hydrogen) atoms. The fourth-order valence-electron chi connectivity index (χ4n) is 2.64. The van der Waals surface area contributed by atoms with E-state index in [0.29, 0.717) is 28.1 Å². The maximum atomic E-state index is 12.5. The van der Waals surface area contributed by atoms with Crippen molar-refractivity contribution < 1.29 is 14.3 Å². The highest BCUT2D eigenvalue weighted by atomic mass is 35.5. The molecule has 0 saturated carbocycles. The summed E-state index contributed by atoms with van der Waals surface area (Å²) in [5.74, 6) is 1.44. The van der Waals surface area contributed by atoms with Gasteiger partial charge in [-0.15, -0.1) is 11.3 Å². The molecule has 2 heterocycles. The minimum Gasteiger partial charge on any atom is -0.493 e. The summed E-state index contributed by atoms with van der Waals surface area (Å²) in [6, 6.07) is 7.48. The number of nitrogens with zero attached hydrogens (tertiary/aromatic N) is 1. The largest absolute Gasteiger partial charge is 0.493 e. The van der Waals surface area contributed by atoms with Crippen LogP contribution in [0.3, 0.4) is 0 Å². The Labute approximate surface area is 138 Å². The topological polar surface area (TPSA) is 38.8 Å². The standard InChI is InChI=1S/C16H16ClNO3S/c1-20-12-7-10-5-6-18(9-11(10)8-13(12)21-2)16(19)14-3-4-15(17)22-14/h3-4,7-8H,5-6,9H2,1-2H3. The summed E-state index contributed by atoms with van der Waals surface area (Å²) in [4.78, 5) is 15.0. The number of rotatable bonds is 3. The normalized spacial score (nSPS) is 13.7. The lowest BCUT2D eigenvalue weighted by Gasteiger charge is -2.29. The van der Waals surface area contributed by atoms with Crippen LogP contribution < -0.4 is 9.47 Å². The number of amides is 1. The fourth-order valence-corrected chi connectivity index (χ4v) is 3.65. The Kier molecular flexibility index (Phi) is 4.27. The quantitative estimate of drug-likeness (QED) is 0.858. The first kappa shape index (κ1) is 15.2. The SMILES string of the molecule is COc1cc2c(cc1OC)CN(C(=O)c1ccc(Cl)s1)CC2. The van der Waals surface area contributed by atoms with Crippen molar-refractivity contribution in [1.29, 1.82) is 0 Å². The zero-order valence-electron chi connectivity index (χ0n) is 12.4. The summed E-state index contributed by atoms with van der Waals surface area (Å²) in [7, 11) is 3.24. The molecular weight excluding hydrogens is 322 g/mol. The molecule has 1 aliphatic rings. The van der Waals surface area contributed by atoms with E-state index in [1.165, 1.54) is 16.9 Å². The number of halogens is 1. The molecule has 1 aromatic heterocycles. The molecule has 0 atom stereocenters. The fraction of sp³-hybridized carbons (Fsp3) is 0.312. The predicted molar refractivity (Wildman–Crippen MR) is 87.3 cm³/mol. The number of thiophene rings is 1. The van der Waals surface area contributed by atoms with Gasteiger partial charge < -0.3 is 14.4 Å². The van der Waals surface area contributed by atoms with Crippen LogP contribution in [-0.2, 0) is 13.0 Å². The molecule has 0 spiro atoms. The van der Waals surface area contributed by atoms with Gasteiger partial charge >= 0.3 is 0 Å². The Balaban J connectivity index is 1.85. The molecule has 1 aromatic carbocycles. The molecule has 0 unspecified atom stereocenters.